The summed E-state index contributed by atoms with van der Waals surface area (Å²) in [6.45, 7) is 18.5. The lowest BCUT2D eigenvalue weighted by molar-refractivity contribution is -0.386. The van der Waals surface area contributed by atoms with Gasteiger partial charge in [0.1, 0.15) is 67.1 Å². The highest BCUT2D eigenvalue weighted by atomic mass is 16.8. The largest absolute Gasteiger partial charge is 0.479 e. The van der Waals surface area contributed by atoms with Crippen molar-refractivity contribution >= 4 is 17.9 Å². The first kappa shape index (κ1) is 62.3. The SMILES string of the molecule is C/C=C(/C)C(=O)O[C@H]1[C@H](OC(=O)C(C)C)[C@@]2(CO)C(CC1(C)C)C1=CCC3[C@@]4(C)CC[C@H](O[C@@H]5OC(C(=O)O)[C@@H](O)[C@@H](O[C@@H]6O[C@@H](CO)C(O)[C@@H]6O)C5O[C@@H]5OC(CO)[C@H](O)[C@@H](O)C5O)C(C)(C)C4CC[C@@]3(C)[C@]1(C)[C@@H](O)[C@H]2O. The lowest BCUT2D eigenvalue weighted by Gasteiger charge is -2.73. The number of aliphatic hydroxyl groups is 11. The van der Waals surface area contributed by atoms with Crippen LogP contribution in [0.5, 0.6) is 0 Å². The van der Waals surface area contributed by atoms with Crippen LogP contribution in [0.15, 0.2) is 23.3 Å². The normalized spacial score (nSPS) is 49.4. The van der Waals surface area contributed by atoms with Gasteiger partial charge in [-0.05, 0) is 86.4 Å². The number of ether oxygens (including phenoxy) is 8. The van der Waals surface area contributed by atoms with Gasteiger partial charge in [-0.15, -0.1) is 0 Å². The van der Waals surface area contributed by atoms with E-state index in [2.05, 4.69) is 19.9 Å². The number of carboxylic acids is 1. The number of carboxylic acid groups (broad SMARTS) is 1. The average molecular weight is 1130 g/mol. The van der Waals surface area contributed by atoms with E-state index < -0.39 is 199 Å². The first-order chi connectivity index (χ1) is 36.8. The van der Waals surface area contributed by atoms with Crippen LogP contribution in [0.3, 0.4) is 0 Å². The maximum Gasteiger partial charge on any atom is 0.335 e. The molecule has 8 rings (SSSR count). The van der Waals surface area contributed by atoms with Crippen LogP contribution in [-0.4, -0.2) is 216 Å². The van der Waals surface area contributed by atoms with Gasteiger partial charge in [0.25, 0.3) is 0 Å². The lowest BCUT2D eigenvalue weighted by Crippen LogP contribution is -2.76. The molecule has 0 bridgehead atoms. The first-order valence-corrected chi connectivity index (χ1v) is 28.0. The number of aliphatic carboxylic acids is 1. The lowest BCUT2D eigenvalue weighted by atomic mass is 9.32. The second-order valence-corrected chi connectivity index (χ2v) is 26.2. The van der Waals surface area contributed by atoms with E-state index in [1.54, 1.807) is 33.8 Å². The van der Waals surface area contributed by atoms with Gasteiger partial charge in [-0.1, -0.05) is 80.0 Å². The van der Waals surface area contributed by atoms with Crippen LogP contribution in [0.1, 0.15) is 115 Å². The smallest absolute Gasteiger partial charge is 0.335 e. The molecule has 8 aliphatic rings. The highest BCUT2D eigenvalue weighted by Crippen LogP contribution is 2.76. The summed E-state index contributed by atoms with van der Waals surface area (Å²) in [6, 6.07) is 0. The van der Waals surface area contributed by atoms with Crippen LogP contribution in [0.2, 0.25) is 0 Å². The van der Waals surface area contributed by atoms with Gasteiger partial charge in [-0.25, -0.2) is 9.59 Å². The predicted molar refractivity (Wildman–Crippen MR) is 272 cm³/mol. The Kier molecular flexibility index (Phi) is 17.6. The topological polar surface area (TPSA) is 368 Å². The third-order valence-corrected chi connectivity index (χ3v) is 21.1. The molecule has 3 saturated heterocycles. The first-order valence-electron chi connectivity index (χ1n) is 28.0. The zero-order valence-corrected chi connectivity index (χ0v) is 47.2. The van der Waals surface area contributed by atoms with Crippen LogP contribution in [0, 0.1) is 56.2 Å². The van der Waals surface area contributed by atoms with E-state index in [0.717, 1.165) is 5.57 Å². The van der Waals surface area contributed by atoms with E-state index in [1.165, 1.54) is 0 Å². The van der Waals surface area contributed by atoms with E-state index in [4.69, 9.17) is 37.9 Å². The number of fused-ring (bicyclic) bond motifs is 7. The molecule has 0 spiro atoms. The molecule has 0 radical (unpaired) electrons. The zero-order valence-electron chi connectivity index (χ0n) is 47.2. The number of esters is 2. The summed E-state index contributed by atoms with van der Waals surface area (Å²) < 4.78 is 49.0. The van der Waals surface area contributed by atoms with Crippen molar-refractivity contribution in [2.45, 2.75) is 231 Å². The minimum absolute atomic E-state index is 0.145. The van der Waals surface area contributed by atoms with Gasteiger partial charge in [0.15, 0.2) is 31.1 Å². The molecule has 79 heavy (non-hydrogen) atoms. The number of carbonyl (C=O) groups excluding carboxylic acids is 2. The van der Waals surface area contributed by atoms with Crippen molar-refractivity contribution in [2.24, 2.45) is 56.2 Å². The van der Waals surface area contributed by atoms with Crippen LogP contribution in [0.4, 0.5) is 0 Å². The van der Waals surface area contributed by atoms with E-state index in [9.17, 15) is 75.7 Å². The van der Waals surface area contributed by atoms with Crippen LogP contribution in [0.25, 0.3) is 0 Å². The van der Waals surface area contributed by atoms with E-state index in [0.29, 0.717) is 44.1 Å². The molecule has 5 aliphatic carbocycles. The highest BCUT2D eigenvalue weighted by molar-refractivity contribution is 5.87. The summed E-state index contributed by atoms with van der Waals surface area (Å²) in [5.74, 6) is -4.49. The minimum Gasteiger partial charge on any atom is -0.479 e. The molecule has 23 heteroatoms. The van der Waals surface area contributed by atoms with Crippen LogP contribution in [-0.2, 0) is 52.3 Å². The van der Waals surface area contributed by atoms with Gasteiger partial charge in [-0.3, -0.25) is 4.79 Å². The fraction of sp³-hybridized carbons (Fsp3) is 0.875. The molecule has 4 saturated carbocycles. The Morgan fingerprint density at radius 3 is 1.84 bits per heavy atom. The van der Waals surface area contributed by atoms with Crippen molar-refractivity contribution in [3.05, 3.63) is 23.3 Å². The van der Waals surface area contributed by atoms with Crippen molar-refractivity contribution in [1.82, 2.24) is 0 Å². The molecular formula is C56H88O23. The summed E-state index contributed by atoms with van der Waals surface area (Å²) in [4.78, 5) is 40.1. The standard InChI is InChI=1S/C56H88O23/c1-12-24(4)47(71)78-43-44(79-46(70)23(2)3)56(22-59)26(19-51(43,5)6)25-13-14-30-53(9)17-16-31(52(7,8)29(53)15-18-54(30,10)55(25,11)41(66)42(56)67)74-50-40(77-49-36(64)34(62)32(60)27(20-57)72-49)38(37(65)39(76-50)45(68)69)75-48-35(63)33(61)28(21-58)73-48/h12-13,23,26-44,48-50,57-67H,14-22H2,1-11H3,(H,68,69)/b24-12-/t26?,27?,28-,29?,30?,31-,32-,33?,34+,35-,36?,37-,38+,39?,40?,41-,42+,43-,44-,48-,49-,50+,53-,54+,55-,56-/m0/s1. The quantitative estimate of drug-likeness (QED) is 0.0470. The van der Waals surface area contributed by atoms with E-state index in [1.807, 2.05) is 34.6 Å². The fourth-order valence-corrected chi connectivity index (χ4v) is 16.2. The monoisotopic (exact) mass is 1130 g/mol. The summed E-state index contributed by atoms with van der Waals surface area (Å²) in [5.41, 5.74) is -4.56. The van der Waals surface area contributed by atoms with Gasteiger partial charge in [0.05, 0.1) is 49.5 Å². The summed E-state index contributed by atoms with van der Waals surface area (Å²) >= 11 is 0. The molecule has 0 amide bonds. The third-order valence-electron chi connectivity index (χ3n) is 21.1. The van der Waals surface area contributed by atoms with Gasteiger partial charge in [-0.2, -0.15) is 0 Å². The number of allylic oxidation sites excluding steroid dienone is 2. The maximum absolute atomic E-state index is 13.7. The highest BCUT2D eigenvalue weighted by Gasteiger charge is 2.76. The van der Waals surface area contributed by atoms with Gasteiger partial charge >= 0.3 is 17.9 Å². The molecule has 12 N–H and O–H groups in total. The second-order valence-electron chi connectivity index (χ2n) is 26.2. The third kappa shape index (κ3) is 9.76. The number of hydrogen-bond acceptors (Lipinski definition) is 22. The fourth-order valence-electron chi connectivity index (χ4n) is 16.2. The van der Waals surface area contributed by atoms with E-state index >= 15 is 0 Å². The molecule has 0 aromatic carbocycles. The van der Waals surface area contributed by atoms with Crippen LogP contribution < -0.4 is 0 Å². The molecule has 8 unspecified atom stereocenters. The van der Waals surface area contributed by atoms with Crippen molar-refractivity contribution in [3.63, 3.8) is 0 Å². The molecule has 3 aliphatic heterocycles. The Morgan fingerprint density at radius 2 is 1.28 bits per heavy atom. The molecule has 7 fully saturated rings. The molecule has 0 aromatic rings. The van der Waals surface area contributed by atoms with Crippen molar-refractivity contribution < 1.29 is 114 Å². The van der Waals surface area contributed by atoms with Gasteiger partial charge in [0, 0.05) is 16.4 Å². The molecule has 26 atom stereocenters. The molecular weight excluding hydrogens is 1040 g/mol. The zero-order chi connectivity index (χ0) is 58.6. The van der Waals surface area contributed by atoms with Crippen molar-refractivity contribution in [2.75, 3.05) is 19.8 Å². The summed E-state index contributed by atoms with van der Waals surface area (Å²) in [7, 11) is 0. The molecule has 0 aromatic heterocycles. The minimum atomic E-state index is -2.12. The number of carbonyl (C=O) groups is 3. The molecule has 450 valence electrons. The molecule has 3 heterocycles. The Labute approximate surface area is 460 Å². The van der Waals surface area contributed by atoms with E-state index in [-0.39, 0.29) is 11.8 Å². The maximum atomic E-state index is 13.7. The van der Waals surface area contributed by atoms with Crippen LogP contribution >= 0.6 is 0 Å². The number of hydrogen-bond donors (Lipinski definition) is 12. The van der Waals surface area contributed by atoms with Crippen molar-refractivity contribution in [1.29, 1.82) is 0 Å². The number of rotatable bonds is 14. The van der Waals surface area contributed by atoms with Gasteiger partial charge in [0.2, 0.25) is 0 Å². The number of aliphatic hydroxyl groups excluding tert-OH is 11. The van der Waals surface area contributed by atoms with Crippen molar-refractivity contribution in [3.8, 4) is 0 Å². The Morgan fingerprint density at radius 1 is 0.696 bits per heavy atom. The predicted octanol–water partition coefficient (Wildman–Crippen LogP) is -0.0475. The molecule has 23 nitrogen and oxygen atoms in total. The van der Waals surface area contributed by atoms with Gasteiger partial charge < -0.3 is 99.2 Å². The second kappa shape index (κ2) is 22.3. The Balaban J connectivity index is 1.14. The Hall–Kier alpha value is -2.79. The summed E-state index contributed by atoms with van der Waals surface area (Å²) in [6.07, 6.45) is -25.3. The Bertz CT molecular complexity index is 2310. The average Bonchev–Trinajstić information content (AvgIpc) is 3.35. The summed E-state index contributed by atoms with van der Waals surface area (Å²) in [5, 5.41) is 134.